The summed E-state index contributed by atoms with van der Waals surface area (Å²) in [6, 6.07) is 19.5. The average Bonchev–Trinajstić information content (AvgIpc) is 3.54. The molecule has 178 valence electrons. The van der Waals surface area contributed by atoms with Crippen LogP contribution in [0.1, 0.15) is 18.2 Å². The number of aromatic amines is 1. The first kappa shape index (κ1) is 23.5. The van der Waals surface area contributed by atoms with E-state index in [1.165, 1.54) is 29.1 Å². The molecule has 0 atom stereocenters. The third-order valence-electron chi connectivity index (χ3n) is 5.22. The number of rotatable bonds is 8. The van der Waals surface area contributed by atoms with Gasteiger partial charge in [0.15, 0.2) is 15.4 Å². The molecule has 1 aliphatic heterocycles. The smallest absolute Gasteiger partial charge is 0.266 e. The molecule has 0 saturated carbocycles. The van der Waals surface area contributed by atoms with Crippen molar-refractivity contribution in [2.75, 3.05) is 19.8 Å². The fraction of sp³-hybridized carbons (Fsp3) is 0.192. The summed E-state index contributed by atoms with van der Waals surface area (Å²) in [5.41, 5.74) is 3.88. The highest BCUT2D eigenvalue weighted by Crippen LogP contribution is 2.35. The predicted octanol–water partition coefficient (Wildman–Crippen LogP) is 6.26. The van der Waals surface area contributed by atoms with Crippen molar-refractivity contribution >= 4 is 57.4 Å². The van der Waals surface area contributed by atoms with Gasteiger partial charge in [0.05, 0.1) is 34.8 Å². The first-order chi connectivity index (χ1) is 17.1. The zero-order valence-corrected chi connectivity index (χ0v) is 21.0. The third kappa shape index (κ3) is 5.53. The van der Waals surface area contributed by atoms with Crippen LogP contribution in [-0.2, 0) is 9.53 Å². The summed E-state index contributed by atoms with van der Waals surface area (Å²) in [5, 5.41) is 2.07. The SMILES string of the molecule is CCOCCN1C(=O)/C(=C/c2ccc(Sc3nc4ccc(C)cc4[nH]3)o2)SC1=Nc1ccccc1. The standard InChI is InChI=1S/C26H24N4O3S2/c1-3-32-14-13-30-24(31)22(34-26(30)27-18-7-5-4-6-8-18)16-19-10-12-23(33-19)35-25-28-20-11-9-17(2)15-21(20)29-25/h4-12,15-16H,3,13-14H2,1-2H3,(H,28,29)/b22-16-,27-26?. The Kier molecular flexibility index (Phi) is 7.08. The van der Waals surface area contributed by atoms with E-state index in [4.69, 9.17) is 9.15 Å². The van der Waals surface area contributed by atoms with Gasteiger partial charge in [-0.1, -0.05) is 24.3 Å². The fourth-order valence-corrected chi connectivity index (χ4v) is 5.32. The number of imidazole rings is 1. The summed E-state index contributed by atoms with van der Waals surface area (Å²) in [6.07, 6.45) is 1.76. The second-order valence-electron chi connectivity index (χ2n) is 7.82. The molecule has 1 amide bonds. The number of carbonyl (C=O) groups excluding carboxylic acids is 1. The van der Waals surface area contributed by atoms with E-state index in [2.05, 4.69) is 28.0 Å². The van der Waals surface area contributed by atoms with E-state index in [1.807, 2.05) is 61.5 Å². The summed E-state index contributed by atoms with van der Waals surface area (Å²) >= 11 is 2.75. The molecule has 1 fully saturated rings. The molecular formula is C26H24N4O3S2. The molecule has 2 aromatic carbocycles. The Labute approximate surface area is 211 Å². The van der Waals surface area contributed by atoms with E-state index in [0.717, 1.165) is 21.9 Å². The minimum absolute atomic E-state index is 0.109. The van der Waals surface area contributed by atoms with E-state index >= 15 is 0 Å². The predicted molar refractivity (Wildman–Crippen MR) is 141 cm³/mol. The van der Waals surface area contributed by atoms with Gasteiger partial charge in [0.2, 0.25) is 0 Å². The number of furan rings is 1. The molecule has 5 rings (SSSR count). The molecule has 0 spiro atoms. The minimum Gasteiger partial charge on any atom is -0.450 e. The summed E-state index contributed by atoms with van der Waals surface area (Å²) in [6.45, 7) is 5.47. The number of hydrogen-bond donors (Lipinski definition) is 1. The van der Waals surface area contributed by atoms with E-state index in [1.54, 1.807) is 11.0 Å². The number of carbonyl (C=O) groups is 1. The summed E-state index contributed by atoms with van der Waals surface area (Å²) < 4.78 is 11.5. The number of fused-ring (bicyclic) bond motifs is 1. The maximum atomic E-state index is 13.2. The number of benzene rings is 2. The monoisotopic (exact) mass is 504 g/mol. The minimum atomic E-state index is -0.109. The molecule has 3 heterocycles. The first-order valence-electron chi connectivity index (χ1n) is 11.3. The molecule has 35 heavy (non-hydrogen) atoms. The average molecular weight is 505 g/mol. The second kappa shape index (κ2) is 10.6. The quantitative estimate of drug-likeness (QED) is 0.225. The fourth-order valence-electron chi connectivity index (χ4n) is 3.54. The van der Waals surface area contributed by atoms with Crippen LogP contribution in [0.15, 0.2) is 85.2 Å². The van der Waals surface area contributed by atoms with Crippen LogP contribution in [0.2, 0.25) is 0 Å². The molecule has 4 aromatic rings. The number of H-pyrrole nitrogens is 1. The highest BCUT2D eigenvalue weighted by Gasteiger charge is 2.33. The number of aliphatic imine (C=N–C) groups is 1. The van der Waals surface area contributed by atoms with E-state index < -0.39 is 0 Å². The van der Waals surface area contributed by atoms with Gasteiger partial charge in [0, 0.05) is 12.7 Å². The van der Waals surface area contributed by atoms with Crippen LogP contribution in [0.3, 0.4) is 0 Å². The van der Waals surface area contributed by atoms with Crippen LogP contribution in [0.25, 0.3) is 17.1 Å². The molecule has 0 aliphatic carbocycles. The van der Waals surface area contributed by atoms with Gasteiger partial charge in [-0.3, -0.25) is 9.69 Å². The Hall–Kier alpha value is -3.27. The lowest BCUT2D eigenvalue weighted by Gasteiger charge is -2.15. The summed E-state index contributed by atoms with van der Waals surface area (Å²) in [7, 11) is 0. The van der Waals surface area contributed by atoms with Crippen molar-refractivity contribution in [3.63, 3.8) is 0 Å². The molecule has 1 aliphatic rings. The van der Waals surface area contributed by atoms with Crippen molar-refractivity contribution in [3.8, 4) is 0 Å². The molecule has 0 radical (unpaired) electrons. The van der Waals surface area contributed by atoms with Gasteiger partial charge in [0.25, 0.3) is 5.91 Å². The topological polar surface area (TPSA) is 83.7 Å². The molecule has 1 saturated heterocycles. The number of para-hydroxylation sites is 1. The number of nitrogens with one attached hydrogen (secondary N) is 1. The number of aryl methyl sites for hydroxylation is 1. The number of amides is 1. The van der Waals surface area contributed by atoms with Crippen LogP contribution in [0.4, 0.5) is 5.69 Å². The van der Waals surface area contributed by atoms with Crippen molar-refractivity contribution in [2.24, 2.45) is 4.99 Å². The van der Waals surface area contributed by atoms with E-state index in [0.29, 0.717) is 40.7 Å². The van der Waals surface area contributed by atoms with Crippen molar-refractivity contribution in [1.29, 1.82) is 0 Å². The Morgan fingerprint density at radius 2 is 2.06 bits per heavy atom. The maximum absolute atomic E-state index is 13.2. The van der Waals surface area contributed by atoms with E-state index in [-0.39, 0.29) is 5.91 Å². The second-order valence-corrected chi connectivity index (χ2v) is 9.82. The van der Waals surface area contributed by atoms with Gasteiger partial charge in [-0.05, 0) is 79.3 Å². The van der Waals surface area contributed by atoms with Crippen molar-refractivity contribution in [1.82, 2.24) is 14.9 Å². The Balaban J connectivity index is 1.35. The van der Waals surface area contributed by atoms with Crippen LogP contribution in [0.5, 0.6) is 0 Å². The normalized spacial score (nSPS) is 16.3. The van der Waals surface area contributed by atoms with Crippen molar-refractivity contribution in [2.45, 2.75) is 24.1 Å². The first-order valence-corrected chi connectivity index (χ1v) is 12.9. The number of thioether (sulfide) groups is 1. The zero-order chi connectivity index (χ0) is 24.2. The van der Waals surface area contributed by atoms with Gasteiger partial charge in [0.1, 0.15) is 5.76 Å². The van der Waals surface area contributed by atoms with Crippen LogP contribution < -0.4 is 0 Å². The molecule has 0 bridgehead atoms. The van der Waals surface area contributed by atoms with Crippen LogP contribution in [0, 0.1) is 6.92 Å². The number of ether oxygens (including phenoxy) is 1. The van der Waals surface area contributed by atoms with Crippen molar-refractivity contribution in [3.05, 3.63) is 76.9 Å². The highest BCUT2D eigenvalue weighted by atomic mass is 32.2. The number of aromatic nitrogens is 2. The largest absolute Gasteiger partial charge is 0.450 e. The van der Waals surface area contributed by atoms with Crippen LogP contribution in [-0.4, -0.2) is 45.7 Å². The summed E-state index contributed by atoms with van der Waals surface area (Å²) in [5.74, 6) is 0.490. The Morgan fingerprint density at radius 1 is 1.20 bits per heavy atom. The zero-order valence-electron chi connectivity index (χ0n) is 19.4. The van der Waals surface area contributed by atoms with Gasteiger partial charge in [-0.2, -0.15) is 0 Å². The molecule has 0 unspecified atom stereocenters. The van der Waals surface area contributed by atoms with Gasteiger partial charge in [-0.25, -0.2) is 9.98 Å². The van der Waals surface area contributed by atoms with E-state index in [9.17, 15) is 4.79 Å². The lowest BCUT2D eigenvalue weighted by atomic mass is 10.2. The van der Waals surface area contributed by atoms with Crippen LogP contribution >= 0.6 is 23.5 Å². The van der Waals surface area contributed by atoms with Gasteiger partial charge < -0.3 is 14.1 Å². The molecule has 9 heteroatoms. The van der Waals surface area contributed by atoms with Crippen molar-refractivity contribution < 1.29 is 13.9 Å². The molecule has 2 aromatic heterocycles. The highest BCUT2D eigenvalue weighted by molar-refractivity contribution is 8.18. The molecule has 1 N–H and O–H groups in total. The summed E-state index contributed by atoms with van der Waals surface area (Å²) in [4.78, 5) is 28.0. The maximum Gasteiger partial charge on any atom is 0.266 e. The Morgan fingerprint density at radius 3 is 2.89 bits per heavy atom. The van der Waals surface area contributed by atoms with Gasteiger partial charge >= 0.3 is 0 Å². The number of hydrogen-bond acceptors (Lipinski definition) is 7. The Bertz CT molecular complexity index is 1410. The lowest BCUT2D eigenvalue weighted by Crippen LogP contribution is -2.32. The molecule has 7 nitrogen and oxygen atoms in total. The number of nitrogens with zero attached hydrogens (tertiary/aromatic N) is 3. The third-order valence-corrected chi connectivity index (χ3v) is 7.03. The lowest BCUT2D eigenvalue weighted by molar-refractivity contribution is -0.122. The number of amidine groups is 1. The van der Waals surface area contributed by atoms with Gasteiger partial charge in [-0.15, -0.1) is 0 Å². The molecular weight excluding hydrogens is 480 g/mol.